The SMILES string of the molecule is C=CCOc1ccc(C(=O)Nc2ccc(Br)c(C)c2)cc1OC. The van der Waals surface area contributed by atoms with Crippen molar-refractivity contribution in [1.82, 2.24) is 0 Å². The minimum absolute atomic E-state index is 0.208. The molecular weight excluding hydrogens is 358 g/mol. The Kier molecular flexibility index (Phi) is 5.82. The monoisotopic (exact) mass is 375 g/mol. The van der Waals surface area contributed by atoms with E-state index < -0.39 is 0 Å². The lowest BCUT2D eigenvalue weighted by Crippen LogP contribution is -2.12. The van der Waals surface area contributed by atoms with E-state index in [0.29, 0.717) is 23.7 Å². The van der Waals surface area contributed by atoms with Crippen LogP contribution in [-0.2, 0) is 0 Å². The molecule has 0 aromatic heterocycles. The molecule has 0 saturated carbocycles. The van der Waals surface area contributed by atoms with Crippen molar-refractivity contribution in [3.63, 3.8) is 0 Å². The van der Waals surface area contributed by atoms with E-state index in [9.17, 15) is 4.79 Å². The molecule has 2 aromatic rings. The number of methoxy groups -OCH3 is 1. The zero-order chi connectivity index (χ0) is 16.8. The van der Waals surface area contributed by atoms with Crippen LogP contribution in [0, 0.1) is 6.92 Å². The molecule has 0 atom stereocenters. The highest BCUT2D eigenvalue weighted by Gasteiger charge is 2.11. The summed E-state index contributed by atoms with van der Waals surface area (Å²) in [6.07, 6.45) is 1.65. The Hall–Kier alpha value is -2.27. The fraction of sp³-hybridized carbons (Fsp3) is 0.167. The minimum atomic E-state index is -0.208. The molecule has 5 heteroatoms. The average Bonchev–Trinajstić information content (AvgIpc) is 2.56. The van der Waals surface area contributed by atoms with Crippen LogP contribution in [0.2, 0.25) is 0 Å². The molecule has 0 bridgehead atoms. The number of halogens is 1. The second-order valence-corrected chi connectivity index (χ2v) is 5.74. The van der Waals surface area contributed by atoms with Gasteiger partial charge in [0.2, 0.25) is 0 Å². The Morgan fingerprint density at radius 2 is 2.04 bits per heavy atom. The maximum absolute atomic E-state index is 12.4. The Labute approximate surface area is 144 Å². The summed E-state index contributed by atoms with van der Waals surface area (Å²) in [5.41, 5.74) is 2.28. The molecule has 4 nitrogen and oxygen atoms in total. The average molecular weight is 376 g/mol. The van der Waals surface area contributed by atoms with Crippen molar-refractivity contribution >= 4 is 27.5 Å². The summed E-state index contributed by atoms with van der Waals surface area (Å²) in [7, 11) is 1.54. The fourth-order valence-corrected chi connectivity index (χ4v) is 2.25. The van der Waals surface area contributed by atoms with Crippen LogP contribution in [0.3, 0.4) is 0 Å². The molecule has 0 radical (unpaired) electrons. The van der Waals surface area contributed by atoms with Gasteiger partial charge < -0.3 is 14.8 Å². The smallest absolute Gasteiger partial charge is 0.255 e. The summed E-state index contributed by atoms with van der Waals surface area (Å²) in [4.78, 5) is 12.4. The van der Waals surface area contributed by atoms with Crippen LogP contribution in [0.4, 0.5) is 5.69 Å². The first kappa shape index (κ1) is 17.1. The Balaban J connectivity index is 2.18. The molecule has 0 aliphatic rings. The highest BCUT2D eigenvalue weighted by Crippen LogP contribution is 2.28. The van der Waals surface area contributed by atoms with E-state index in [1.54, 1.807) is 24.3 Å². The van der Waals surface area contributed by atoms with Gasteiger partial charge in [0.1, 0.15) is 6.61 Å². The van der Waals surface area contributed by atoms with E-state index in [0.717, 1.165) is 15.7 Å². The third kappa shape index (κ3) is 4.36. The summed E-state index contributed by atoms with van der Waals surface area (Å²) < 4.78 is 11.8. The molecule has 0 spiro atoms. The maximum atomic E-state index is 12.4. The summed E-state index contributed by atoms with van der Waals surface area (Å²) in [5, 5.41) is 2.87. The van der Waals surface area contributed by atoms with Crippen LogP contribution in [0.5, 0.6) is 11.5 Å². The lowest BCUT2D eigenvalue weighted by molar-refractivity contribution is 0.102. The number of anilines is 1. The first-order valence-corrected chi connectivity index (χ1v) is 7.83. The molecule has 1 amide bonds. The van der Waals surface area contributed by atoms with Crippen molar-refractivity contribution in [2.45, 2.75) is 6.92 Å². The zero-order valence-electron chi connectivity index (χ0n) is 13.1. The first-order valence-electron chi connectivity index (χ1n) is 7.04. The quantitative estimate of drug-likeness (QED) is 0.751. The number of benzene rings is 2. The predicted molar refractivity (Wildman–Crippen MR) is 95.5 cm³/mol. The summed E-state index contributed by atoms with van der Waals surface area (Å²) in [6.45, 7) is 5.95. The van der Waals surface area contributed by atoms with Crippen LogP contribution in [0.25, 0.3) is 0 Å². The van der Waals surface area contributed by atoms with Gasteiger partial charge >= 0.3 is 0 Å². The van der Waals surface area contributed by atoms with Crippen LogP contribution in [0.1, 0.15) is 15.9 Å². The molecule has 0 saturated heterocycles. The highest BCUT2D eigenvalue weighted by atomic mass is 79.9. The third-order valence-corrected chi connectivity index (χ3v) is 4.09. The van der Waals surface area contributed by atoms with Gasteiger partial charge in [0.05, 0.1) is 7.11 Å². The number of hydrogen-bond acceptors (Lipinski definition) is 3. The van der Waals surface area contributed by atoms with Gasteiger partial charge in [0.15, 0.2) is 11.5 Å². The molecule has 0 aliphatic carbocycles. The number of hydrogen-bond donors (Lipinski definition) is 1. The molecule has 0 aliphatic heterocycles. The lowest BCUT2D eigenvalue weighted by atomic mass is 10.1. The maximum Gasteiger partial charge on any atom is 0.255 e. The predicted octanol–water partition coefficient (Wildman–Crippen LogP) is 4.58. The second-order valence-electron chi connectivity index (χ2n) is 4.88. The number of amides is 1. The number of carbonyl (C=O) groups is 1. The Morgan fingerprint density at radius 1 is 1.26 bits per heavy atom. The molecular formula is C18H18BrNO3. The molecule has 0 heterocycles. The molecule has 0 unspecified atom stereocenters. The fourth-order valence-electron chi connectivity index (χ4n) is 2.00. The summed E-state index contributed by atoms with van der Waals surface area (Å²) >= 11 is 3.44. The zero-order valence-corrected chi connectivity index (χ0v) is 14.6. The van der Waals surface area contributed by atoms with Gasteiger partial charge in [-0.1, -0.05) is 28.6 Å². The molecule has 2 aromatic carbocycles. The van der Waals surface area contributed by atoms with E-state index >= 15 is 0 Å². The van der Waals surface area contributed by atoms with Gasteiger partial charge in [-0.25, -0.2) is 0 Å². The second kappa shape index (κ2) is 7.83. The van der Waals surface area contributed by atoms with Crippen molar-refractivity contribution in [2.75, 3.05) is 19.0 Å². The molecule has 23 heavy (non-hydrogen) atoms. The number of nitrogens with one attached hydrogen (secondary N) is 1. The van der Waals surface area contributed by atoms with Gasteiger partial charge in [0.25, 0.3) is 5.91 Å². The standard InChI is InChI=1S/C18H18BrNO3/c1-4-9-23-16-8-5-13(11-17(16)22-3)18(21)20-14-6-7-15(19)12(2)10-14/h4-8,10-11H,1,9H2,2-3H3,(H,20,21). The Morgan fingerprint density at radius 3 is 2.70 bits per heavy atom. The van der Waals surface area contributed by atoms with Gasteiger partial charge in [-0.3, -0.25) is 4.79 Å². The van der Waals surface area contributed by atoms with Gasteiger partial charge in [-0.05, 0) is 48.9 Å². The molecule has 1 N–H and O–H groups in total. The van der Waals surface area contributed by atoms with Crippen LogP contribution >= 0.6 is 15.9 Å². The van der Waals surface area contributed by atoms with Gasteiger partial charge in [-0.2, -0.15) is 0 Å². The van der Waals surface area contributed by atoms with Crippen molar-refractivity contribution in [1.29, 1.82) is 0 Å². The largest absolute Gasteiger partial charge is 0.493 e. The van der Waals surface area contributed by atoms with Crippen molar-refractivity contribution < 1.29 is 14.3 Å². The number of carbonyl (C=O) groups excluding carboxylic acids is 1. The van der Waals surface area contributed by atoms with E-state index in [4.69, 9.17) is 9.47 Å². The van der Waals surface area contributed by atoms with E-state index in [-0.39, 0.29) is 5.91 Å². The molecule has 120 valence electrons. The molecule has 0 fully saturated rings. The summed E-state index contributed by atoms with van der Waals surface area (Å²) in [5.74, 6) is 0.871. The van der Waals surface area contributed by atoms with Crippen LogP contribution < -0.4 is 14.8 Å². The molecule has 2 rings (SSSR count). The first-order chi connectivity index (χ1) is 11.0. The van der Waals surface area contributed by atoms with E-state index in [2.05, 4.69) is 27.8 Å². The third-order valence-electron chi connectivity index (χ3n) is 3.20. The lowest BCUT2D eigenvalue weighted by Gasteiger charge is -2.11. The Bertz CT molecular complexity index is 728. The van der Waals surface area contributed by atoms with Gasteiger partial charge in [0, 0.05) is 15.7 Å². The minimum Gasteiger partial charge on any atom is -0.493 e. The van der Waals surface area contributed by atoms with Gasteiger partial charge in [-0.15, -0.1) is 0 Å². The van der Waals surface area contributed by atoms with E-state index in [1.165, 1.54) is 7.11 Å². The van der Waals surface area contributed by atoms with E-state index in [1.807, 2.05) is 25.1 Å². The number of ether oxygens (including phenoxy) is 2. The number of aryl methyl sites for hydroxylation is 1. The van der Waals surface area contributed by atoms with Crippen LogP contribution in [0.15, 0.2) is 53.5 Å². The van der Waals surface area contributed by atoms with Crippen molar-refractivity contribution in [3.8, 4) is 11.5 Å². The summed E-state index contributed by atoms with van der Waals surface area (Å²) in [6, 6.07) is 10.7. The topological polar surface area (TPSA) is 47.6 Å². The number of rotatable bonds is 6. The highest BCUT2D eigenvalue weighted by molar-refractivity contribution is 9.10. The normalized spacial score (nSPS) is 10.0. The van der Waals surface area contributed by atoms with Crippen molar-refractivity contribution in [2.24, 2.45) is 0 Å². The van der Waals surface area contributed by atoms with Crippen molar-refractivity contribution in [3.05, 3.63) is 64.7 Å². The van der Waals surface area contributed by atoms with Crippen LogP contribution in [-0.4, -0.2) is 19.6 Å².